The molecule has 0 spiro atoms. The Labute approximate surface area is 179 Å². The zero-order valence-electron chi connectivity index (χ0n) is 16.9. The molecule has 1 N–H and O–H groups in total. The molecule has 1 amide bonds. The molecule has 0 aliphatic carbocycles. The van der Waals surface area contributed by atoms with E-state index in [9.17, 15) is 9.18 Å². The zero-order valence-corrected chi connectivity index (χ0v) is 17.7. The van der Waals surface area contributed by atoms with Gasteiger partial charge in [-0.25, -0.2) is 4.39 Å². The van der Waals surface area contributed by atoms with Crippen molar-refractivity contribution in [2.75, 3.05) is 11.1 Å². The van der Waals surface area contributed by atoms with E-state index in [1.54, 1.807) is 6.08 Å². The molecule has 6 nitrogen and oxygen atoms in total. The Kier molecular flexibility index (Phi) is 7.24. The monoisotopic (exact) mass is 426 g/mol. The standard InChI is InChI=1S/C22H23FN4O2S/c1-4-11-27-20(13-29-19-10-5-15(2)16(3)12-19)25-26-22(27)30-14-21(28)24-18-8-6-17(23)7-9-18/h4-10,12H,1,11,13-14H2,2-3H3,(H,24,28). The maximum absolute atomic E-state index is 13.0. The molecule has 0 saturated carbocycles. The number of hydrogen-bond acceptors (Lipinski definition) is 5. The second-order valence-corrected chi connectivity index (χ2v) is 7.62. The van der Waals surface area contributed by atoms with E-state index in [0.717, 1.165) is 11.3 Å². The molecule has 0 aliphatic heterocycles. The molecule has 0 radical (unpaired) electrons. The van der Waals surface area contributed by atoms with Gasteiger partial charge in [0.15, 0.2) is 11.0 Å². The minimum Gasteiger partial charge on any atom is -0.486 e. The van der Waals surface area contributed by atoms with Crippen LogP contribution in [0.3, 0.4) is 0 Å². The zero-order chi connectivity index (χ0) is 21.5. The lowest BCUT2D eigenvalue weighted by Crippen LogP contribution is -2.15. The highest BCUT2D eigenvalue weighted by Crippen LogP contribution is 2.21. The largest absolute Gasteiger partial charge is 0.486 e. The molecular formula is C22H23FN4O2S. The summed E-state index contributed by atoms with van der Waals surface area (Å²) in [5, 5.41) is 11.7. The van der Waals surface area contributed by atoms with E-state index in [1.165, 1.54) is 41.6 Å². The molecule has 0 atom stereocenters. The van der Waals surface area contributed by atoms with Crippen molar-refractivity contribution in [3.63, 3.8) is 0 Å². The van der Waals surface area contributed by atoms with Crippen LogP contribution in [0.2, 0.25) is 0 Å². The number of hydrogen-bond donors (Lipinski definition) is 1. The number of aryl methyl sites for hydroxylation is 2. The van der Waals surface area contributed by atoms with Gasteiger partial charge >= 0.3 is 0 Å². The fourth-order valence-corrected chi connectivity index (χ4v) is 3.42. The first-order valence-corrected chi connectivity index (χ1v) is 10.4. The Balaban J connectivity index is 1.61. The van der Waals surface area contributed by atoms with Crippen molar-refractivity contribution < 1.29 is 13.9 Å². The number of nitrogens with one attached hydrogen (secondary N) is 1. The van der Waals surface area contributed by atoms with Gasteiger partial charge in [0.2, 0.25) is 5.91 Å². The van der Waals surface area contributed by atoms with Crippen LogP contribution in [0, 0.1) is 19.7 Å². The van der Waals surface area contributed by atoms with Gasteiger partial charge in [0.1, 0.15) is 18.2 Å². The van der Waals surface area contributed by atoms with Crippen molar-refractivity contribution >= 4 is 23.4 Å². The number of thioether (sulfide) groups is 1. The number of amides is 1. The van der Waals surface area contributed by atoms with Crippen LogP contribution in [-0.2, 0) is 17.9 Å². The van der Waals surface area contributed by atoms with Gasteiger partial charge in [-0.3, -0.25) is 9.36 Å². The molecule has 0 unspecified atom stereocenters. The summed E-state index contributed by atoms with van der Waals surface area (Å²) >= 11 is 1.26. The number of rotatable bonds is 9. The fourth-order valence-electron chi connectivity index (χ4n) is 2.66. The Hall–Kier alpha value is -3.13. The van der Waals surface area contributed by atoms with E-state index in [1.807, 2.05) is 29.7 Å². The van der Waals surface area contributed by atoms with E-state index >= 15 is 0 Å². The minimum atomic E-state index is -0.351. The van der Waals surface area contributed by atoms with Crippen LogP contribution >= 0.6 is 11.8 Å². The van der Waals surface area contributed by atoms with Crippen molar-refractivity contribution in [1.29, 1.82) is 0 Å². The Morgan fingerprint density at radius 3 is 2.67 bits per heavy atom. The van der Waals surface area contributed by atoms with E-state index < -0.39 is 0 Å². The molecule has 1 heterocycles. The van der Waals surface area contributed by atoms with E-state index in [4.69, 9.17) is 4.74 Å². The van der Waals surface area contributed by atoms with Gasteiger partial charge in [0.25, 0.3) is 0 Å². The number of aromatic nitrogens is 3. The number of carbonyl (C=O) groups is 1. The van der Waals surface area contributed by atoms with E-state index in [-0.39, 0.29) is 24.1 Å². The molecule has 0 aliphatic rings. The summed E-state index contributed by atoms with van der Waals surface area (Å²) in [6, 6.07) is 11.5. The number of allylic oxidation sites excluding steroid dienone is 1. The number of halogens is 1. The van der Waals surface area contributed by atoms with Gasteiger partial charge in [-0.15, -0.1) is 16.8 Å². The molecule has 156 valence electrons. The van der Waals surface area contributed by atoms with Crippen molar-refractivity contribution in [1.82, 2.24) is 14.8 Å². The van der Waals surface area contributed by atoms with Crippen LogP contribution in [0.4, 0.5) is 10.1 Å². The quantitative estimate of drug-likeness (QED) is 0.402. The molecule has 0 fully saturated rings. The van der Waals surface area contributed by atoms with Crippen LogP contribution in [0.5, 0.6) is 5.75 Å². The minimum absolute atomic E-state index is 0.144. The third-order valence-electron chi connectivity index (χ3n) is 4.41. The van der Waals surface area contributed by atoms with Gasteiger partial charge in [-0.1, -0.05) is 23.9 Å². The average molecular weight is 427 g/mol. The summed E-state index contributed by atoms with van der Waals surface area (Å²) in [6.45, 7) is 8.62. The summed E-state index contributed by atoms with van der Waals surface area (Å²) in [5.74, 6) is 0.988. The topological polar surface area (TPSA) is 69.0 Å². The second-order valence-electron chi connectivity index (χ2n) is 6.68. The van der Waals surface area contributed by atoms with Crippen LogP contribution in [0.25, 0.3) is 0 Å². The van der Waals surface area contributed by atoms with Crippen LogP contribution in [0.15, 0.2) is 60.3 Å². The molecular weight excluding hydrogens is 403 g/mol. The Bertz CT molecular complexity index is 1030. The van der Waals surface area contributed by atoms with Gasteiger partial charge in [-0.05, 0) is 61.4 Å². The van der Waals surface area contributed by atoms with Gasteiger partial charge in [0, 0.05) is 12.2 Å². The number of ether oxygens (including phenoxy) is 1. The first-order chi connectivity index (χ1) is 14.5. The summed E-state index contributed by atoms with van der Waals surface area (Å²) in [7, 11) is 0. The maximum atomic E-state index is 13.0. The SMILES string of the molecule is C=CCn1c(COc2ccc(C)c(C)c2)nnc1SCC(=O)Nc1ccc(F)cc1. The predicted octanol–water partition coefficient (Wildman–Crippen LogP) is 4.53. The van der Waals surface area contributed by atoms with Gasteiger partial charge < -0.3 is 10.1 Å². The number of benzene rings is 2. The summed E-state index contributed by atoms with van der Waals surface area (Å²) < 4.78 is 20.7. The van der Waals surface area contributed by atoms with Gasteiger partial charge in [0.05, 0.1) is 5.75 Å². The Morgan fingerprint density at radius 2 is 1.97 bits per heavy atom. The second kappa shape index (κ2) is 10.1. The first-order valence-electron chi connectivity index (χ1n) is 9.37. The lowest BCUT2D eigenvalue weighted by Gasteiger charge is -2.10. The van der Waals surface area contributed by atoms with Crippen molar-refractivity contribution in [2.24, 2.45) is 0 Å². The number of carbonyl (C=O) groups excluding carboxylic acids is 1. The van der Waals surface area contributed by atoms with Crippen LogP contribution in [-0.4, -0.2) is 26.4 Å². The van der Waals surface area contributed by atoms with E-state index in [2.05, 4.69) is 29.0 Å². The third-order valence-corrected chi connectivity index (χ3v) is 5.38. The molecule has 3 aromatic rings. The highest BCUT2D eigenvalue weighted by molar-refractivity contribution is 7.99. The Morgan fingerprint density at radius 1 is 1.20 bits per heavy atom. The average Bonchev–Trinajstić information content (AvgIpc) is 3.11. The summed E-state index contributed by atoms with van der Waals surface area (Å²) in [4.78, 5) is 12.2. The number of anilines is 1. The molecule has 3 rings (SSSR count). The third kappa shape index (κ3) is 5.70. The predicted molar refractivity (Wildman–Crippen MR) is 116 cm³/mol. The van der Waals surface area contributed by atoms with Gasteiger partial charge in [-0.2, -0.15) is 0 Å². The van der Waals surface area contributed by atoms with Crippen molar-refractivity contribution in [2.45, 2.75) is 32.2 Å². The molecule has 8 heteroatoms. The highest BCUT2D eigenvalue weighted by atomic mass is 32.2. The molecule has 2 aromatic carbocycles. The van der Waals surface area contributed by atoms with Crippen LogP contribution < -0.4 is 10.1 Å². The smallest absolute Gasteiger partial charge is 0.234 e. The molecule has 0 bridgehead atoms. The fraction of sp³-hybridized carbons (Fsp3) is 0.227. The summed E-state index contributed by atoms with van der Waals surface area (Å²) in [5.41, 5.74) is 2.90. The normalized spacial score (nSPS) is 10.6. The van der Waals surface area contributed by atoms with Crippen molar-refractivity contribution in [3.8, 4) is 5.75 Å². The summed E-state index contributed by atoms with van der Waals surface area (Å²) in [6.07, 6.45) is 1.74. The first kappa shape index (κ1) is 21.6. The molecule has 0 saturated heterocycles. The van der Waals surface area contributed by atoms with E-state index in [0.29, 0.717) is 23.2 Å². The lowest BCUT2D eigenvalue weighted by atomic mass is 10.1. The maximum Gasteiger partial charge on any atom is 0.234 e. The van der Waals surface area contributed by atoms with Crippen LogP contribution in [0.1, 0.15) is 17.0 Å². The molecule has 1 aromatic heterocycles. The highest BCUT2D eigenvalue weighted by Gasteiger charge is 2.14. The van der Waals surface area contributed by atoms with Crippen molar-refractivity contribution in [3.05, 3.63) is 77.9 Å². The molecule has 30 heavy (non-hydrogen) atoms. The lowest BCUT2D eigenvalue weighted by molar-refractivity contribution is -0.113. The number of nitrogens with zero attached hydrogens (tertiary/aromatic N) is 3.